The highest BCUT2D eigenvalue weighted by Crippen LogP contribution is 2.10. The van der Waals surface area contributed by atoms with Gasteiger partial charge < -0.3 is 30.7 Å². The molecule has 0 radical (unpaired) electrons. The Hall–Kier alpha value is -2.65. The van der Waals surface area contributed by atoms with Crippen molar-refractivity contribution in [2.75, 3.05) is 10.6 Å². The Balaban J connectivity index is 1.60. The van der Waals surface area contributed by atoms with Crippen molar-refractivity contribution in [1.82, 2.24) is 0 Å². The monoisotopic (exact) mass is 412 g/mol. The van der Waals surface area contributed by atoms with Crippen molar-refractivity contribution < 1.29 is 29.7 Å². The lowest BCUT2D eigenvalue weighted by molar-refractivity contribution is -0.117. The van der Waals surface area contributed by atoms with Gasteiger partial charge in [-0.3, -0.25) is 9.59 Å². The van der Waals surface area contributed by atoms with E-state index in [4.69, 9.17) is 20.1 Å². The minimum absolute atomic E-state index is 0.150. The summed E-state index contributed by atoms with van der Waals surface area (Å²) in [5.41, 5.74) is 1.65. The quantitative estimate of drug-likeness (QED) is 0.226. The van der Waals surface area contributed by atoms with Crippen LogP contribution in [0, 0.1) is 0 Å². The third kappa shape index (κ3) is 8.38. The van der Waals surface area contributed by atoms with Crippen molar-refractivity contribution in [2.24, 2.45) is 0 Å². The topological polar surface area (TPSA) is 139 Å². The Morgan fingerprint density at radius 2 is 1.07 bits per heavy atom. The van der Waals surface area contributed by atoms with E-state index in [2.05, 4.69) is 10.6 Å². The maximum atomic E-state index is 12.0. The van der Waals surface area contributed by atoms with Crippen LogP contribution in [0.5, 0.6) is 0 Å². The third-order valence-corrected chi connectivity index (χ3v) is 4.49. The average Bonchev–Trinajstić information content (AvgIpc) is 2.71. The summed E-state index contributed by atoms with van der Waals surface area (Å²) in [6.45, 7) is 0. The maximum Gasteiger partial charge on any atom is 0.488 e. The SMILES string of the molecule is O=C(CCCCCCC(=O)Nc1cccc(B(O)O)c1)Nc1cccc(B(O)O)c1. The highest BCUT2D eigenvalue weighted by atomic mass is 16.4. The van der Waals surface area contributed by atoms with E-state index in [0.29, 0.717) is 48.0 Å². The van der Waals surface area contributed by atoms with E-state index < -0.39 is 14.2 Å². The van der Waals surface area contributed by atoms with Gasteiger partial charge in [-0.05, 0) is 48.0 Å². The zero-order valence-electron chi connectivity index (χ0n) is 16.6. The summed E-state index contributed by atoms with van der Waals surface area (Å²) >= 11 is 0. The van der Waals surface area contributed by atoms with Crippen LogP contribution in [0.3, 0.4) is 0 Å². The molecule has 0 heterocycles. The second-order valence-corrected chi connectivity index (χ2v) is 7.01. The van der Waals surface area contributed by atoms with Crippen LogP contribution in [-0.2, 0) is 9.59 Å². The molecule has 2 aromatic carbocycles. The van der Waals surface area contributed by atoms with E-state index in [0.717, 1.165) is 12.8 Å². The predicted molar refractivity (Wildman–Crippen MR) is 117 cm³/mol. The highest BCUT2D eigenvalue weighted by Gasteiger charge is 2.12. The first-order valence-corrected chi connectivity index (χ1v) is 9.87. The molecule has 158 valence electrons. The summed E-state index contributed by atoms with van der Waals surface area (Å²) < 4.78 is 0. The Morgan fingerprint density at radius 3 is 1.43 bits per heavy atom. The van der Waals surface area contributed by atoms with Crippen molar-refractivity contribution in [2.45, 2.75) is 38.5 Å². The lowest BCUT2D eigenvalue weighted by Gasteiger charge is -2.08. The zero-order chi connectivity index (χ0) is 21.9. The lowest BCUT2D eigenvalue weighted by atomic mass is 9.80. The summed E-state index contributed by atoms with van der Waals surface area (Å²) in [6.07, 6.45) is 3.67. The Morgan fingerprint density at radius 1 is 0.667 bits per heavy atom. The van der Waals surface area contributed by atoms with Gasteiger partial charge in [-0.2, -0.15) is 0 Å². The average molecular weight is 412 g/mol. The molecule has 0 aliphatic carbocycles. The molecule has 6 N–H and O–H groups in total. The first-order valence-electron chi connectivity index (χ1n) is 9.87. The second kappa shape index (κ2) is 12.1. The number of nitrogens with one attached hydrogen (secondary N) is 2. The van der Waals surface area contributed by atoms with E-state index in [9.17, 15) is 9.59 Å². The molecule has 0 bridgehead atoms. The molecule has 0 aliphatic rings. The van der Waals surface area contributed by atoms with Crippen LogP contribution in [0.2, 0.25) is 0 Å². The van der Waals surface area contributed by atoms with Crippen molar-refractivity contribution in [1.29, 1.82) is 0 Å². The summed E-state index contributed by atoms with van der Waals surface area (Å²) in [5, 5.41) is 42.1. The van der Waals surface area contributed by atoms with Crippen molar-refractivity contribution in [3.8, 4) is 0 Å². The molecule has 8 nitrogen and oxygen atoms in total. The van der Waals surface area contributed by atoms with Gasteiger partial charge in [-0.15, -0.1) is 0 Å². The molecular formula is C20H26B2N2O6. The van der Waals surface area contributed by atoms with Gasteiger partial charge in [0.05, 0.1) is 0 Å². The van der Waals surface area contributed by atoms with Gasteiger partial charge in [0.1, 0.15) is 0 Å². The fourth-order valence-electron chi connectivity index (χ4n) is 2.93. The van der Waals surface area contributed by atoms with E-state index in [-0.39, 0.29) is 11.8 Å². The summed E-state index contributed by atoms with van der Waals surface area (Å²) in [5.74, 6) is -0.299. The number of benzene rings is 2. The van der Waals surface area contributed by atoms with Crippen LogP contribution in [0.25, 0.3) is 0 Å². The van der Waals surface area contributed by atoms with E-state index >= 15 is 0 Å². The fraction of sp³-hybridized carbons (Fsp3) is 0.300. The van der Waals surface area contributed by atoms with Gasteiger partial charge in [0, 0.05) is 24.2 Å². The van der Waals surface area contributed by atoms with Crippen LogP contribution in [-0.4, -0.2) is 46.1 Å². The number of carbonyl (C=O) groups is 2. The second-order valence-electron chi connectivity index (χ2n) is 7.01. The molecule has 0 fully saturated rings. The molecule has 0 atom stereocenters. The van der Waals surface area contributed by atoms with Gasteiger partial charge in [0.15, 0.2) is 0 Å². The predicted octanol–water partition coefficient (Wildman–Crippen LogP) is -0.0360. The zero-order valence-corrected chi connectivity index (χ0v) is 16.6. The van der Waals surface area contributed by atoms with Crippen molar-refractivity contribution >= 4 is 48.4 Å². The number of unbranched alkanes of at least 4 members (excludes halogenated alkanes) is 3. The van der Waals surface area contributed by atoms with Crippen LogP contribution < -0.4 is 21.6 Å². The first kappa shape index (κ1) is 23.6. The maximum absolute atomic E-state index is 12.0. The number of anilines is 2. The van der Waals surface area contributed by atoms with Crippen molar-refractivity contribution in [3.05, 3.63) is 48.5 Å². The molecule has 0 saturated heterocycles. The van der Waals surface area contributed by atoms with Crippen molar-refractivity contribution in [3.63, 3.8) is 0 Å². The largest absolute Gasteiger partial charge is 0.488 e. The van der Waals surface area contributed by atoms with E-state index in [1.54, 1.807) is 36.4 Å². The number of rotatable bonds is 11. The highest BCUT2D eigenvalue weighted by molar-refractivity contribution is 6.59. The van der Waals surface area contributed by atoms with Crippen LogP contribution in [0.1, 0.15) is 38.5 Å². The molecular weight excluding hydrogens is 386 g/mol. The smallest absolute Gasteiger partial charge is 0.423 e. The van der Waals surface area contributed by atoms with E-state index in [1.807, 2.05) is 0 Å². The molecule has 10 heteroatoms. The van der Waals surface area contributed by atoms with E-state index in [1.165, 1.54) is 12.1 Å². The number of hydrogen-bond donors (Lipinski definition) is 6. The summed E-state index contributed by atoms with van der Waals surface area (Å²) in [6, 6.07) is 12.8. The van der Waals surface area contributed by atoms with Gasteiger partial charge in [0.2, 0.25) is 11.8 Å². The van der Waals surface area contributed by atoms with Gasteiger partial charge in [-0.1, -0.05) is 37.1 Å². The minimum atomic E-state index is -1.58. The van der Waals surface area contributed by atoms with Gasteiger partial charge in [0.25, 0.3) is 0 Å². The third-order valence-electron chi connectivity index (χ3n) is 4.49. The van der Waals surface area contributed by atoms with Crippen LogP contribution in [0.15, 0.2) is 48.5 Å². The fourth-order valence-corrected chi connectivity index (χ4v) is 2.93. The number of carbonyl (C=O) groups excluding carboxylic acids is 2. The Labute approximate surface area is 176 Å². The lowest BCUT2D eigenvalue weighted by Crippen LogP contribution is -2.30. The minimum Gasteiger partial charge on any atom is -0.423 e. The molecule has 0 unspecified atom stereocenters. The molecule has 2 aromatic rings. The summed E-state index contributed by atoms with van der Waals surface area (Å²) in [7, 11) is -3.16. The number of amides is 2. The molecule has 0 aromatic heterocycles. The molecule has 0 saturated carbocycles. The van der Waals surface area contributed by atoms with Gasteiger partial charge in [-0.25, -0.2) is 0 Å². The normalized spacial score (nSPS) is 10.4. The molecule has 0 aliphatic heterocycles. The molecule has 2 rings (SSSR count). The summed E-state index contributed by atoms with van der Waals surface area (Å²) in [4.78, 5) is 24.0. The number of hydrogen-bond acceptors (Lipinski definition) is 6. The first-order chi connectivity index (χ1) is 14.3. The molecule has 0 spiro atoms. The van der Waals surface area contributed by atoms with Crippen LogP contribution >= 0.6 is 0 Å². The van der Waals surface area contributed by atoms with Crippen LogP contribution in [0.4, 0.5) is 11.4 Å². The Bertz CT molecular complexity index is 778. The van der Waals surface area contributed by atoms with Gasteiger partial charge >= 0.3 is 14.2 Å². The standard InChI is InChI=1S/C20H26B2N2O6/c25-19(23-17-9-5-7-15(13-17)21(27)28)11-3-1-2-4-12-20(26)24-18-10-6-8-16(14-18)22(29)30/h5-10,13-14,27-30H,1-4,11-12H2,(H,23,25)(H,24,26). The molecule has 30 heavy (non-hydrogen) atoms. The Kier molecular flexibility index (Phi) is 9.56. The molecule has 2 amide bonds.